The SMILES string of the molecule is Cc1ccccc1C[S@@](=O)Cc1nsc(N(C)C)n1. The first-order chi connectivity index (χ1) is 9.06. The largest absolute Gasteiger partial charge is 0.353 e. The summed E-state index contributed by atoms with van der Waals surface area (Å²) in [7, 11) is 2.88. The molecule has 0 unspecified atom stereocenters. The van der Waals surface area contributed by atoms with Gasteiger partial charge < -0.3 is 4.90 Å². The predicted molar refractivity (Wildman–Crippen MR) is 81.0 cm³/mol. The van der Waals surface area contributed by atoms with Gasteiger partial charge in [-0.25, -0.2) is 4.98 Å². The van der Waals surface area contributed by atoms with Crippen molar-refractivity contribution in [3.63, 3.8) is 0 Å². The molecule has 1 heterocycles. The molecule has 0 aliphatic rings. The molecule has 0 N–H and O–H groups in total. The van der Waals surface area contributed by atoms with E-state index in [2.05, 4.69) is 9.36 Å². The van der Waals surface area contributed by atoms with E-state index in [1.165, 1.54) is 17.1 Å². The third-order valence-electron chi connectivity index (χ3n) is 2.71. The van der Waals surface area contributed by atoms with Crippen LogP contribution in [0.1, 0.15) is 17.0 Å². The lowest BCUT2D eigenvalue weighted by Gasteiger charge is -2.05. The number of benzene rings is 1. The Hall–Kier alpha value is -1.27. The van der Waals surface area contributed by atoms with Gasteiger partial charge in [0.2, 0.25) is 5.13 Å². The van der Waals surface area contributed by atoms with Gasteiger partial charge >= 0.3 is 0 Å². The first-order valence-electron chi connectivity index (χ1n) is 5.95. The third-order valence-corrected chi connectivity index (χ3v) is 4.84. The van der Waals surface area contributed by atoms with Gasteiger partial charge in [-0.2, -0.15) is 4.37 Å². The van der Waals surface area contributed by atoms with Crippen LogP contribution in [-0.4, -0.2) is 27.7 Å². The monoisotopic (exact) mass is 295 g/mol. The molecule has 1 aromatic heterocycles. The molecular formula is C13H17N3OS2. The summed E-state index contributed by atoms with van der Waals surface area (Å²) >= 11 is 1.34. The smallest absolute Gasteiger partial charge is 0.204 e. The van der Waals surface area contributed by atoms with Crippen LogP contribution in [0.3, 0.4) is 0 Å². The summed E-state index contributed by atoms with van der Waals surface area (Å²) in [5.74, 6) is 1.64. The minimum Gasteiger partial charge on any atom is -0.353 e. The summed E-state index contributed by atoms with van der Waals surface area (Å²) in [6.07, 6.45) is 0. The number of anilines is 1. The lowest BCUT2D eigenvalue weighted by Crippen LogP contribution is -2.08. The molecule has 1 atom stereocenters. The van der Waals surface area contributed by atoms with Gasteiger partial charge in [-0.1, -0.05) is 24.3 Å². The Morgan fingerprint density at radius 1 is 1.26 bits per heavy atom. The molecule has 1 aromatic carbocycles. The molecule has 0 aliphatic carbocycles. The molecule has 0 aliphatic heterocycles. The van der Waals surface area contributed by atoms with Crippen LogP contribution in [0, 0.1) is 6.92 Å². The summed E-state index contributed by atoms with van der Waals surface area (Å²) in [5, 5.41) is 0.850. The maximum atomic E-state index is 12.1. The zero-order valence-corrected chi connectivity index (χ0v) is 12.9. The lowest BCUT2D eigenvalue weighted by molar-refractivity contribution is 0.681. The number of hydrogen-bond acceptors (Lipinski definition) is 5. The van der Waals surface area contributed by atoms with Gasteiger partial charge in [0.1, 0.15) is 0 Å². The normalized spacial score (nSPS) is 12.4. The zero-order valence-electron chi connectivity index (χ0n) is 11.3. The minimum atomic E-state index is -0.969. The predicted octanol–water partition coefficient (Wildman–Crippen LogP) is 2.36. The van der Waals surface area contributed by atoms with Gasteiger partial charge in [0.25, 0.3) is 0 Å². The van der Waals surface area contributed by atoms with Crippen molar-refractivity contribution in [1.82, 2.24) is 9.36 Å². The first kappa shape index (κ1) is 14.1. The molecule has 19 heavy (non-hydrogen) atoms. The lowest BCUT2D eigenvalue weighted by atomic mass is 10.1. The summed E-state index contributed by atoms with van der Waals surface area (Å²) in [5.41, 5.74) is 2.31. The van der Waals surface area contributed by atoms with Crippen LogP contribution in [0.15, 0.2) is 24.3 Å². The molecule has 0 saturated carbocycles. The highest BCUT2D eigenvalue weighted by molar-refractivity contribution is 7.83. The van der Waals surface area contributed by atoms with Crippen LogP contribution in [0.2, 0.25) is 0 Å². The molecule has 102 valence electrons. The van der Waals surface area contributed by atoms with Crippen molar-refractivity contribution >= 4 is 27.5 Å². The van der Waals surface area contributed by atoms with Gasteiger partial charge in [0.05, 0.1) is 5.75 Å². The van der Waals surface area contributed by atoms with E-state index >= 15 is 0 Å². The Labute approximate surface area is 120 Å². The van der Waals surface area contributed by atoms with Gasteiger partial charge in [-0.05, 0) is 18.1 Å². The van der Waals surface area contributed by atoms with E-state index in [1.54, 1.807) is 0 Å². The molecule has 0 fully saturated rings. The number of aryl methyl sites for hydroxylation is 1. The Morgan fingerprint density at radius 3 is 2.63 bits per heavy atom. The number of rotatable bonds is 5. The van der Waals surface area contributed by atoms with Gasteiger partial charge in [-0.3, -0.25) is 4.21 Å². The molecule has 0 spiro atoms. The highest BCUT2D eigenvalue weighted by Gasteiger charge is 2.10. The molecule has 0 bridgehead atoms. The molecule has 2 aromatic rings. The van der Waals surface area contributed by atoms with E-state index < -0.39 is 10.8 Å². The fraction of sp³-hybridized carbons (Fsp3) is 0.385. The van der Waals surface area contributed by atoms with E-state index in [4.69, 9.17) is 0 Å². The number of hydrogen-bond donors (Lipinski definition) is 0. The van der Waals surface area contributed by atoms with Crippen molar-refractivity contribution in [3.8, 4) is 0 Å². The summed E-state index contributed by atoms with van der Waals surface area (Å²) in [6.45, 7) is 2.04. The quantitative estimate of drug-likeness (QED) is 0.849. The van der Waals surface area contributed by atoms with Gasteiger partial charge in [0.15, 0.2) is 5.82 Å². The second-order valence-corrected chi connectivity index (χ2v) is 6.73. The highest BCUT2D eigenvalue weighted by Crippen LogP contribution is 2.16. The molecule has 6 heteroatoms. The van der Waals surface area contributed by atoms with E-state index in [-0.39, 0.29) is 0 Å². The maximum Gasteiger partial charge on any atom is 0.204 e. The Morgan fingerprint density at radius 2 is 2.00 bits per heavy atom. The molecule has 4 nitrogen and oxygen atoms in total. The van der Waals surface area contributed by atoms with Gasteiger partial charge in [0, 0.05) is 42.2 Å². The second-order valence-electron chi connectivity index (χ2n) is 4.54. The summed E-state index contributed by atoms with van der Waals surface area (Å²) in [6, 6.07) is 8.03. The third kappa shape index (κ3) is 3.84. The van der Waals surface area contributed by atoms with Gasteiger partial charge in [-0.15, -0.1) is 0 Å². The fourth-order valence-corrected chi connectivity index (χ4v) is 3.50. The first-order valence-corrected chi connectivity index (χ1v) is 8.22. The molecule has 0 amide bonds. The van der Waals surface area contributed by atoms with Crippen molar-refractivity contribution in [2.75, 3.05) is 19.0 Å². The van der Waals surface area contributed by atoms with Crippen LogP contribution in [0.4, 0.5) is 5.13 Å². The van der Waals surface area contributed by atoms with Crippen molar-refractivity contribution in [2.45, 2.75) is 18.4 Å². The van der Waals surface area contributed by atoms with Crippen molar-refractivity contribution in [3.05, 3.63) is 41.2 Å². The fourth-order valence-electron chi connectivity index (χ4n) is 1.63. The van der Waals surface area contributed by atoms with Crippen LogP contribution < -0.4 is 4.90 Å². The Bertz CT molecular complexity index is 581. The number of aromatic nitrogens is 2. The topological polar surface area (TPSA) is 46.1 Å². The van der Waals surface area contributed by atoms with E-state index in [9.17, 15) is 4.21 Å². The van der Waals surface area contributed by atoms with Crippen molar-refractivity contribution < 1.29 is 4.21 Å². The summed E-state index contributed by atoms with van der Waals surface area (Å²) in [4.78, 5) is 6.26. The Balaban J connectivity index is 1.99. The van der Waals surface area contributed by atoms with Crippen LogP contribution >= 0.6 is 11.5 Å². The highest BCUT2D eigenvalue weighted by atomic mass is 32.2. The molecule has 0 saturated heterocycles. The van der Waals surface area contributed by atoms with Crippen LogP contribution in [0.25, 0.3) is 0 Å². The zero-order chi connectivity index (χ0) is 13.8. The summed E-state index contributed by atoms with van der Waals surface area (Å²) < 4.78 is 16.4. The van der Waals surface area contributed by atoms with Crippen LogP contribution in [0.5, 0.6) is 0 Å². The molecule has 2 rings (SSSR count). The van der Waals surface area contributed by atoms with E-state index in [0.717, 1.165) is 10.7 Å². The Kier molecular flexibility index (Phi) is 4.66. The molecule has 0 radical (unpaired) electrons. The molecular weight excluding hydrogens is 278 g/mol. The van der Waals surface area contributed by atoms with E-state index in [1.807, 2.05) is 50.2 Å². The maximum absolute atomic E-state index is 12.1. The average molecular weight is 295 g/mol. The minimum absolute atomic E-state index is 0.415. The van der Waals surface area contributed by atoms with Crippen molar-refractivity contribution in [2.24, 2.45) is 0 Å². The van der Waals surface area contributed by atoms with Crippen LogP contribution in [-0.2, 0) is 22.3 Å². The van der Waals surface area contributed by atoms with E-state index in [0.29, 0.717) is 17.3 Å². The number of nitrogens with zero attached hydrogens (tertiary/aromatic N) is 3. The van der Waals surface area contributed by atoms with Crippen molar-refractivity contribution in [1.29, 1.82) is 0 Å². The standard InChI is InChI=1S/C13H17N3OS2/c1-10-6-4-5-7-11(10)8-19(17)9-12-14-13(16(2)3)18-15-12/h4-7H,8-9H2,1-3H3/t19-/m1/s1. The average Bonchev–Trinajstić information content (AvgIpc) is 2.80. The second kappa shape index (κ2) is 6.25.